The van der Waals surface area contributed by atoms with Gasteiger partial charge in [0.15, 0.2) is 0 Å². The molecule has 8 nitrogen and oxygen atoms in total. The van der Waals surface area contributed by atoms with Crippen LogP contribution in [-0.2, 0) is 19.1 Å². The second kappa shape index (κ2) is 13.1. The molecular formula is C35H52N4O4. The topological polar surface area (TPSA) is 91.0 Å². The van der Waals surface area contributed by atoms with E-state index in [9.17, 15) is 14.4 Å². The second-order valence-electron chi connectivity index (χ2n) is 13.7. The largest absolute Gasteiger partial charge is 0.359 e. The Morgan fingerprint density at radius 1 is 1.02 bits per heavy atom. The number of amides is 3. The van der Waals surface area contributed by atoms with E-state index in [2.05, 4.69) is 49.3 Å². The maximum atomic E-state index is 14.3. The number of hydrogen-bond acceptors (Lipinski definition) is 5. The maximum Gasteiger partial charge on any atom is 0.246 e. The summed E-state index contributed by atoms with van der Waals surface area (Å²) in [6, 6.07) is 5.22. The summed E-state index contributed by atoms with van der Waals surface area (Å²) in [4.78, 5) is 46.6. The number of ether oxygens (including phenoxy) is 1. The molecule has 1 aliphatic carbocycles. The van der Waals surface area contributed by atoms with Gasteiger partial charge in [-0.3, -0.25) is 14.4 Å². The lowest BCUT2D eigenvalue weighted by atomic mass is 9.73. The van der Waals surface area contributed by atoms with Gasteiger partial charge in [0, 0.05) is 18.3 Å². The van der Waals surface area contributed by atoms with E-state index in [1.165, 1.54) is 6.42 Å². The number of hydrogen-bond donors (Lipinski definition) is 2. The van der Waals surface area contributed by atoms with Crippen molar-refractivity contribution >= 4 is 23.4 Å². The zero-order valence-electron chi connectivity index (χ0n) is 27.0. The van der Waals surface area contributed by atoms with Gasteiger partial charge in [-0.2, -0.15) is 0 Å². The minimum absolute atomic E-state index is 0.0690. The van der Waals surface area contributed by atoms with Crippen molar-refractivity contribution in [1.29, 1.82) is 0 Å². The van der Waals surface area contributed by atoms with Crippen molar-refractivity contribution < 1.29 is 19.1 Å². The van der Waals surface area contributed by atoms with Gasteiger partial charge < -0.3 is 25.2 Å². The molecule has 1 aromatic carbocycles. The van der Waals surface area contributed by atoms with Crippen molar-refractivity contribution in [1.82, 2.24) is 15.1 Å². The molecule has 1 saturated carbocycles. The Hall–Kier alpha value is -2.71. The summed E-state index contributed by atoms with van der Waals surface area (Å²) in [5.74, 6) is -1.05. The van der Waals surface area contributed by atoms with Crippen molar-refractivity contribution in [2.45, 2.75) is 104 Å². The number of benzene rings is 1. The van der Waals surface area contributed by atoms with Gasteiger partial charge >= 0.3 is 0 Å². The third-order valence-electron chi connectivity index (χ3n) is 10.4. The fourth-order valence-corrected chi connectivity index (χ4v) is 8.26. The molecular weight excluding hydrogens is 540 g/mol. The highest BCUT2D eigenvalue weighted by Crippen LogP contribution is 2.55. The Morgan fingerprint density at radius 3 is 2.40 bits per heavy atom. The Bertz CT molecular complexity index is 1210. The Labute approximate surface area is 258 Å². The first-order valence-corrected chi connectivity index (χ1v) is 16.7. The minimum Gasteiger partial charge on any atom is -0.359 e. The molecule has 2 N–H and O–H groups in total. The molecule has 0 aromatic heterocycles. The highest BCUT2D eigenvalue weighted by molar-refractivity contribution is 6.02. The third kappa shape index (κ3) is 6.15. The van der Waals surface area contributed by atoms with Gasteiger partial charge in [-0.25, -0.2) is 0 Å². The molecule has 4 aliphatic rings. The number of fused-ring (bicyclic) bond motifs is 1. The number of carbonyl (C=O) groups excluding carboxylic acids is 3. The lowest BCUT2D eigenvalue weighted by Gasteiger charge is -2.38. The first-order chi connectivity index (χ1) is 20.6. The van der Waals surface area contributed by atoms with Crippen molar-refractivity contribution in [3.63, 3.8) is 0 Å². The molecule has 3 heterocycles. The maximum absolute atomic E-state index is 14.3. The van der Waals surface area contributed by atoms with Gasteiger partial charge in [-0.05, 0) is 94.3 Å². The van der Waals surface area contributed by atoms with Gasteiger partial charge in [-0.1, -0.05) is 58.8 Å². The van der Waals surface area contributed by atoms with E-state index in [-0.39, 0.29) is 23.8 Å². The highest BCUT2D eigenvalue weighted by atomic mass is 16.5. The summed E-state index contributed by atoms with van der Waals surface area (Å²) in [6.45, 7) is 16.2. The molecule has 43 heavy (non-hydrogen) atoms. The first kappa shape index (κ1) is 31.7. The number of anilines is 1. The van der Waals surface area contributed by atoms with Crippen LogP contribution < -0.4 is 10.6 Å². The first-order valence-electron chi connectivity index (χ1n) is 16.7. The Morgan fingerprint density at radius 2 is 1.72 bits per heavy atom. The third-order valence-corrected chi connectivity index (χ3v) is 10.4. The van der Waals surface area contributed by atoms with Crippen LogP contribution in [0.3, 0.4) is 0 Å². The van der Waals surface area contributed by atoms with E-state index < -0.39 is 29.6 Å². The molecule has 0 radical (unpaired) electrons. The number of carbonyl (C=O) groups is 3. The van der Waals surface area contributed by atoms with Crippen LogP contribution in [0.15, 0.2) is 30.4 Å². The second-order valence-corrected chi connectivity index (χ2v) is 13.7. The van der Waals surface area contributed by atoms with Crippen LogP contribution in [0.5, 0.6) is 0 Å². The Kier molecular flexibility index (Phi) is 9.67. The van der Waals surface area contributed by atoms with Crippen LogP contribution in [0.1, 0.15) is 77.3 Å². The summed E-state index contributed by atoms with van der Waals surface area (Å²) in [6.07, 6.45) is 9.40. The van der Waals surface area contributed by atoms with Crippen molar-refractivity contribution in [3.8, 4) is 0 Å². The van der Waals surface area contributed by atoms with Crippen molar-refractivity contribution in [2.24, 2.45) is 23.7 Å². The molecule has 2 saturated heterocycles. The molecule has 8 atom stereocenters. The van der Waals surface area contributed by atoms with Crippen molar-refractivity contribution in [2.75, 3.05) is 31.5 Å². The molecule has 236 valence electrons. The number of nitrogens with zero attached hydrogens (tertiary/aromatic N) is 2. The number of nitrogens with one attached hydrogen (secondary N) is 2. The number of aryl methyl sites for hydroxylation is 2. The molecule has 3 amide bonds. The predicted octanol–water partition coefficient (Wildman–Crippen LogP) is 4.85. The van der Waals surface area contributed by atoms with Crippen LogP contribution in [0.4, 0.5) is 5.69 Å². The van der Waals surface area contributed by atoms with Crippen LogP contribution in [0.25, 0.3) is 0 Å². The normalized spacial score (nSPS) is 32.9. The van der Waals surface area contributed by atoms with Gasteiger partial charge in [0.1, 0.15) is 11.6 Å². The van der Waals surface area contributed by atoms with E-state index in [0.29, 0.717) is 24.1 Å². The summed E-state index contributed by atoms with van der Waals surface area (Å²) in [5, 5.41) is 6.43. The van der Waals surface area contributed by atoms with Gasteiger partial charge in [0.25, 0.3) is 0 Å². The van der Waals surface area contributed by atoms with Crippen LogP contribution >= 0.6 is 0 Å². The fourth-order valence-electron chi connectivity index (χ4n) is 8.26. The standard InChI is InChI=1S/C35H52N4O4/c1-7-15-38(16-8-2)17-10-18-39-31(33(41)37-27-12-9-11-24(5)25(27)6)35-14-13-28(43-35)29(30(35)34(39)42)32(40)36-26-20-22(3)19-23(4)21-26/h13-14,19-21,24-25,27-31H,7-12,15-18H2,1-6H3,(H,36,40)(H,37,41)/t24?,25?,27?,28-,29?,30-,31?,35?/m1/s1. The van der Waals surface area contributed by atoms with Crippen LogP contribution in [0, 0.1) is 37.5 Å². The lowest BCUT2D eigenvalue weighted by Crippen LogP contribution is -2.58. The lowest BCUT2D eigenvalue weighted by molar-refractivity contribution is -0.141. The smallest absolute Gasteiger partial charge is 0.246 e. The van der Waals surface area contributed by atoms with Gasteiger partial charge in [0.05, 0.1) is 17.9 Å². The van der Waals surface area contributed by atoms with Gasteiger partial charge in [0.2, 0.25) is 17.7 Å². The number of rotatable bonds is 12. The van der Waals surface area contributed by atoms with E-state index in [0.717, 1.165) is 62.9 Å². The molecule has 1 aromatic rings. The highest BCUT2D eigenvalue weighted by Gasteiger charge is 2.72. The molecule has 3 fully saturated rings. The summed E-state index contributed by atoms with van der Waals surface area (Å²) in [5.41, 5.74) is 1.70. The molecule has 2 bridgehead atoms. The zero-order chi connectivity index (χ0) is 30.9. The SMILES string of the molecule is CCCN(CCC)CCCN1C(=O)[C@H]2C(C(=O)Nc3cc(C)cc(C)c3)[C@H]3C=CC2(O3)C1C(=O)NC1CCCC(C)C1C. The minimum atomic E-state index is -1.13. The summed E-state index contributed by atoms with van der Waals surface area (Å²) >= 11 is 0. The average molecular weight is 593 g/mol. The predicted molar refractivity (Wildman–Crippen MR) is 170 cm³/mol. The summed E-state index contributed by atoms with van der Waals surface area (Å²) < 4.78 is 6.57. The summed E-state index contributed by atoms with van der Waals surface area (Å²) in [7, 11) is 0. The Balaban J connectivity index is 1.41. The molecule has 5 rings (SSSR count). The van der Waals surface area contributed by atoms with E-state index in [1.54, 1.807) is 4.90 Å². The molecule has 1 spiro atoms. The monoisotopic (exact) mass is 592 g/mol. The van der Waals surface area contributed by atoms with Crippen molar-refractivity contribution in [3.05, 3.63) is 41.5 Å². The molecule has 3 aliphatic heterocycles. The van der Waals surface area contributed by atoms with E-state index in [1.807, 2.05) is 38.1 Å². The van der Waals surface area contributed by atoms with Crippen LogP contribution in [-0.4, -0.2) is 77.5 Å². The quantitative estimate of drug-likeness (QED) is 0.339. The molecule has 8 heteroatoms. The van der Waals surface area contributed by atoms with Gasteiger partial charge in [-0.15, -0.1) is 0 Å². The van der Waals surface area contributed by atoms with Crippen LogP contribution in [0.2, 0.25) is 0 Å². The average Bonchev–Trinajstić information content (AvgIpc) is 3.58. The molecule has 6 unspecified atom stereocenters. The number of likely N-dealkylation sites (tertiary alicyclic amines) is 1. The van der Waals surface area contributed by atoms with E-state index >= 15 is 0 Å². The van der Waals surface area contributed by atoms with E-state index in [4.69, 9.17) is 4.74 Å². The fraction of sp³-hybridized carbons (Fsp3) is 0.686. The zero-order valence-corrected chi connectivity index (χ0v) is 27.0.